The van der Waals surface area contributed by atoms with Crippen molar-refractivity contribution in [2.24, 2.45) is 0 Å². The number of ether oxygens (including phenoxy) is 1. The summed E-state index contributed by atoms with van der Waals surface area (Å²) in [6.07, 6.45) is -0.748. The molecule has 3 N–H and O–H groups in total. The summed E-state index contributed by atoms with van der Waals surface area (Å²) in [4.78, 5) is 12.0. The fourth-order valence-electron chi connectivity index (χ4n) is 2.51. The van der Waals surface area contributed by atoms with E-state index in [1.165, 1.54) is 5.56 Å². The minimum atomic E-state index is -0.748. The summed E-state index contributed by atoms with van der Waals surface area (Å²) in [5, 5.41) is 15.5. The van der Waals surface area contributed by atoms with Crippen molar-refractivity contribution in [3.63, 3.8) is 0 Å². The fraction of sp³-hybridized carbons (Fsp3) is 0.136. The maximum Gasteiger partial charge on any atom is 0.319 e. The predicted molar refractivity (Wildman–Crippen MR) is 106 cm³/mol. The highest BCUT2D eigenvalue weighted by molar-refractivity contribution is 5.89. The van der Waals surface area contributed by atoms with Crippen LogP contribution in [0, 0.1) is 6.92 Å². The topological polar surface area (TPSA) is 70.6 Å². The average molecular weight is 362 g/mol. The van der Waals surface area contributed by atoms with E-state index in [1.54, 1.807) is 24.3 Å². The van der Waals surface area contributed by atoms with Crippen molar-refractivity contribution in [2.45, 2.75) is 13.0 Å². The number of amides is 2. The summed E-state index contributed by atoms with van der Waals surface area (Å²) in [5.74, 6) is 1.44. The highest BCUT2D eigenvalue weighted by atomic mass is 16.5. The van der Waals surface area contributed by atoms with Crippen LogP contribution in [0.5, 0.6) is 11.5 Å². The van der Waals surface area contributed by atoms with Gasteiger partial charge in [0, 0.05) is 12.2 Å². The highest BCUT2D eigenvalue weighted by Crippen LogP contribution is 2.23. The normalized spacial score (nSPS) is 11.5. The third-order valence-corrected chi connectivity index (χ3v) is 4.01. The summed E-state index contributed by atoms with van der Waals surface area (Å²) < 4.78 is 5.76. The van der Waals surface area contributed by atoms with Crippen LogP contribution in [0.25, 0.3) is 0 Å². The Balaban J connectivity index is 1.48. The van der Waals surface area contributed by atoms with E-state index in [9.17, 15) is 9.90 Å². The van der Waals surface area contributed by atoms with Crippen LogP contribution in [-0.2, 0) is 0 Å². The number of urea groups is 1. The molecule has 0 bridgehead atoms. The zero-order valence-electron chi connectivity index (χ0n) is 15.1. The van der Waals surface area contributed by atoms with Gasteiger partial charge in [0.2, 0.25) is 0 Å². The Morgan fingerprint density at radius 1 is 0.926 bits per heavy atom. The molecule has 0 radical (unpaired) electrons. The quantitative estimate of drug-likeness (QED) is 0.598. The fourth-order valence-corrected chi connectivity index (χ4v) is 2.51. The first kappa shape index (κ1) is 18.5. The number of aliphatic hydroxyl groups excluding tert-OH is 1. The Bertz CT molecular complexity index is 862. The van der Waals surface area contributed by atoms with Crippen LogP contribution in [0.15, 0.2) is 78.9 Å². The van der Waals surface area contributed by atoms with Gasteiger partial charge in [0.05, 0.1) is 6.10 Å². The van der Waals surface area contributed by atoms with Gasteiger partial charge in [-0.1, -0.05) is 48.0 Å². The van der Waals surface area contributed by atoms with E-state index in [2.05, 4.69) is 10.6 Å². The van der Waals surface area contributed by atoms with E-state index in [1.807, 2.05) is 61.5 Å². The van der Waals surface area contributed by atoms with Gasteiger partial charge in [-0.25, -0.2) is 4.79 Å². The van der Waals surface area contributed by atoms with Gasteiger partial charge in [0.1, 0.15) is 11.5 Å². The molecule has 0 saturated carbocycles. The molecule has 0 aromatic heterocycles. The average Bonchev–Trinajstić information content (AvgIpc) is 2.70. The molecule has 0 aliphatic carbocycles. The smallest absolute Gasteiger partial charge is 0.319 e. The summed E-state index contributed by atoms with van der Waals surface area (Å²) in [5.41, 5.74) is 2.57. The largest absolute Gasteiger partial charge is 0.457 e. The molecule has 0 aliphatic rings. The molecule has 2 amide bonds. The molecule has 1 unspecified atom stereocenters. The Morgan fingerprint density at radius 3 is 2.15 bits per heavy atom. The van der Waals surface area contributed by atoms with Gasteiger partial charge in [-0.05, 0) is 48.9 Å². The monoisotopic (exact) mass is 362 g/mol. The van der Waals surface area contributed by atoms with Gasteiger partial charge in [0.25, 0.3) is 0 Å². The molecule has 0 spiro atoms. The zero-order chi connectivity index (χ0) is 19.1. The molecule has 3 rings (SSSR count). The summed E-state index contributed by atoms with van der Waals surface area (Å²) in [6, 6.07) is 23.7. The number of carbonyl (C=O) groups excluding carboxylic acids is 1. The van der Waals surface area contributed by atoms with Gasteiger partial charge in [0.15, 0.2) is 0 Å². The Kier molecular flexibility index (Phi) is 6.07. The number of rotatable bonds is 6. The van der Waals surface area contributed by atoms with Crippen LogP contribution >= 0.6 is 0 Å². The van der Waals surface area contributed by atoms with Crippen molar-refractivity contribution < 1.29 is 14.6 Å². The van der Waals surface area contributed by atoms with Crippen molar-refractivity contribution in [1.82, 2.24) is 5.32 Å². The number of hydrogen-bond acceptors (Lipinski definition) is 3. The van der Waals surface area contributed by atoms with Crippen LogP contribution in [0.3, 0.4) is 0 Å². The minimum absolute atomic E-state index is 0.129. The molecule has 3 aromatic carbocycles. The highest BCUT2D eigenvalue weighted by Gasteiger charge is 2.09. The summed E-state index contributed by atoms with van der Waals surface area (Å²) >= 11 is 0. The number of carbonyl (C=O) groups is 1. The molecule has 0 fully saturated rings. The molecular formula is C22H22N2O3. The SMILES string of the molecule is Cc1ccc(Oc2ccc(NC(=O)NCC(O)c3ccccc3)cc2)cc1. The number of hydrogen-bond donors (Lipinski definition) is 3. The summed E-state index contributed by atoms with van der Waals surface area (Å²) in [7, 11) is 0. The third kappa shape index (κ3) is 5.59. The number of anilines is 1. The molecule has 5 heteroatoms. The number of nitrogens with one attached hydrogen (secondary N) is 2. The summed E-state index contributed by atoms with van der Waals surface area (Å²) in [6.45, 7) is 2.15. The van der Waals surface area contributed by atoms with Crippen molar-refractivity contribution in [3.8, 4) is 11.5 Å². The molecule has 1 atom stereocenters. The first-order valence-corrected chi connectivity index (χ1v) is 8.72. The van der Waals surface area contributed by atoms with E-state index in [4.69, 9.17) is 4.74 Å². The molecule has 27 heavy (non-hydrogen) atoms. The first-order valence-electron chi connectivity index (χ1n) is 8.72. The van der Waals surface area contributed by atoms with Gasteiger partial charge < -0.3 is 20.5 Å². The molecule has 138 valence electrons. The molecule has 0 saturated heterocycles. The molecular weight excluding hydrogens is 340 g/mol. The minimum Gasteiger partial charge on any atom is -0.457 e. The zero-order valence-corrected chi connectivity index (χ0v) is 15.1. The lowest BCUT2D eigenvalue weighted by molar-refractivity contribution is 0.175. The van der Waals surface area contributed by atoms with Gasteiger partial charge in [-0.15, -0.1) is 0 Å². The number of aliphatic hydroxyl groups is 1. The van der Waals surface area contributed by atoms with Gasteiger partial charge >= 0.3 is 6.03 Å². The maximum absolute atomic E-state index is 12.0. The standard InChI is InChI=1S/C22H22N2O3/c1-16-7-11-19(12-8-16)27-20-13-9-18(10-14-20)24-22(26)23-15-21(25)17-5-3-2-4-6-17/h2-14,21,25H,15H2,1H3,(H2,23,24,26). The molecule has 3 aromatic rings. The van der Waals surface area contributed by atoms with E-state index >= 15 is 0 Å². The lowest BCUT2D eigenvalue weighted by Gasteiger charge is -2.13. The van der Waals surface area contributed by atoms with Crippen molar-refractivity contribution in [1.29, 1.82) is 0 Å². The van der Waals surface area contributed by atoms with Gasteiger partial charge in [-0.2, -0.15) is 0 Å². The van der Waals surface area contributed by atoms with Crippen molar-refractivity contribution in [2.75, 3.05) is 11.9 Å². The molecule has 0 heterocycles. The van der Waals surface area contributed by atoms with Crippen LogP contribution < -0.4 is 15.4 Å². The van der Waals surface area contributed by atoms with E-state index in [0.29, 0.717) is 11.4 Å². The number of benzene rings is 3. The Labute approximate surface area is 158 Å². The van der Waals surface area contributed by atoms with E-state index < -0.39 is 6.10 Å². The second-order valence-corrected chi connectivity index (χ2v) is 6.20. The van der Waals surface area contributed by atoms with Crippen LogP contribution in [0.2, 0.25) is 0 Å². The van der Waals surface area contributed by atoms with Crippen LogP contribution in [0.1, 0.15) is 17.2 Å². The van der Waals surface area contributed by atoms with Gasteiger partial charge in [-0.3, -0.25) is 0 Å². The lowest BCUT2D eigenvalue weighted by Crippen LogP contribution is -2.32. The van der Waals surface area contributed by atoms with Crippen molar-refractivity contribution in [3.05, 3.63) is 90.0 Å². The second-order valence-electron chi connectivity index (χ2n) is 6.20. The second kappa shape index (κ2) is 8.87. The maximum atomic E-state index is 12.0. The van der Waals surface area contributed by atoms with Crippen LogP contribution in [-0.4, -0.2) is 17.7 Å². The Morgan fingerprint density at radius 2 is 1.52 bits per heavy atom. The Hall–Kier alpha value is -3.31. The van der Waals surface area contributed by atoms with E-state index in [0.717, 1.165) is 11.3 Å². The molecule has 5 nitrogen and oxygen atoms in total. The third-order valence-electron chi connectivity index (χ3n) is 4.01. The number of aryl methyl sites for hydroxylation is 1. The molecule has 0 aliphatic heterocycles. The predicted octanol–water partition coefficient (Wildman–Crippen LogP) is 4.64. The first-order chi connectivity index (χ1) is 13.1. The van der Waals surface area contributed by atoms with E-state index in [-0.39, 0.29) is 12.6 Å². The van der Waals surface area contributed by atoms with Crippen LogP contribution in [0.4, 0.5) is 10.5 Å². The van der Waals surface area contributed by atoms with Crippen molar-refractivity contribution >= 4 is 11.7 Å². The lowest BCUT2D eigenvalue weighted by atomic mass is 10.1.